The lowest BCUT2D eigenvalue weighted by molar-refractivity contribution is -0.140. The van der Waals surface area contributed by atoms with Gasteiger partial charge in [-0.1, -0.05) is 12.1 Å². The highest BCUT2D eigenvalue weighted by molar-refractivity contribution is 5.96. The van der Waals surface area contributed by atoms with Crippen molar-refractivity contribution in [3.8, 4) is 0 Å². The number of H-pyrrole nitrogens is 1. The Morgan fingerprint density at radius 1 is 1.09 bits per heavy atom. The van der Waals surface area contributed by atoms with Crippen molar-refractivity contribution in [3.63, 3.8) is 0 Å². The van der Waals surface area contributed by atoms with E-state index in [2.05, 4.69) is 20.3 Å². The molecule has 2 heterocycles. The number of benzene rings is 1. The first-order valence-electron chi connectivity index (χ1n) is 11.0. The molecule has 0 aliphatic heterocycles. The minimum atomic E-state index is -1.31. The van der Waals surface area contributed by atoms with Crippen LogP contribution in [0.3, 0.4) is 0 Å². The fourth-order valence-electron chi connectivity index (χ4n) is 3.99. The van der Waals surface area contributed by atoms with Gasteiger partial charge in [0.15, 0.2) is 0 Å². The molecule has 0 saturated carbocycles. The number of aliphatic carboxylic acids is 2. The molecule has 0 fully saturated rings. The van der Waals surface area contributed by atoms with Crippen LogP contribution in [0.2, 0.25) is 0 Å². The normalized spacial score (nSPS) is 13.8. The number of nitrogens with zero attached hydrogens (tertiary/aromatic N) is 2. The maximum absolute atomic E-state index is 12.5. The largest absolute Gasteiger partial charge is 0.481 e. The Balaban J connectivity index is 1.70. The van der Waals surface area contributed by atoms with E-state index < -0.39 is 30.0 Å². The van der Waals surface area contributed by atoms with Gasteiger partial charge in [-0.3, -0.25) is 9.59 Å². The Bertz CT molecular complexity index is 1220. The molecule has 3 atom stereocenters. The van der Waals surface area contributed by atoms with Gasteiger partial charge in [0.05, 0.1) is 11.5 Å². The number of hydrogen-bond donors (Lipinski definition) is 7. The first kappa shape index (κ1) is 25.4. The molecule has 9 N–H and O–H groups in total. The summed E-state index contributed by atoms with van der Waals surface area (Å²) in [4.78, 5) is 45.7. The maximum Gasteiger partial charge on any atom is 0.326 e. The SMILES string of the molecule is CC(O)C(CCc1c[nH]c2nc(N)nc(N)c12)c1ccc(C(=O)N[C@@H](CCC(=O)O)C(=O)O)cc1. The van der Waals surface area contributed by atoms with Crippen molar-refractivity contribution >= 4 is 40.6 Å². The maximum atomic E-state index is 12.5. The zero-order chi connectivity index (χ0) is 25.7. The number of aliphatic hydroxyl groups excluding tert-OH is 1. The van der Waals surface area contributed by atoms with E-state index in [0.29, 0.717) is 23.9 Å². The molecule has 1 amide bonds. The second-order valence-electron chi connectivity index (χ2n) is 8.31. The molecule has 0 aliphatic rings. The van der Waals surface area contributed by atoms with E-state index in [0.717, 1.165) is 11.1 Å². The van der Waals surface area contributed by atoms with Crippen LogP contribution in [0.1, 0.15) is 53.6 Å². The minimum absolute atomic E-state index is 0.0749. The van der Waals surface area contributed by atoms with Gasteiger partial charge in [0.1, 0.15) is 17.5 Å². The van der Waals surface area contributed by atoms with Crippen LogP contribution >= 0.6 is 0 Å². The van der Waals surface area contributed by atoms with Crippen molar-refractivity contribution in [2.24, 2.45) is 0 Å². The Kier molecular flexibility index (Phi) is 7.87. The third kappa shape index (κ3) is 6.23. The average Bonchev–Trinajstić information content (AvgIpc) is 3.19. The number of rotatable bonds is 11. The molecule has 12 heteroatoms. The zero-order valence-corrected chi connectivity index (χ0v) is 19.1. The van der Waals surface area contributed by atoms with Crippen molar-refractivity contribution in [1.82, 2.24) is 20.3 Å². The molecule has 2 unspecified atom stereocenters. The van der Waals surface area contributed by atoms with Gasteiger partial charge >= 0.3 is 11.9 Å². The van der Waals surface area contributed by atoms with E-state index in [4.69, 9.17) is 16.6 Å². The van der Waals surface area contributed by atoms with Crippen LogP contribution < -0.4 is 16.8 Å². The molecule has 0 bridgehead atoms. The number of aromatic amines is 1. The summed E-state index contributed by atoms with van der Waals surface area (Å²) in [7, 11) is 0. The van der Waals surface area contributed by atoms with Crippen molar-refractivity contribution in [3.05, 3.63) is 47.2 Å². The molecule has 12 nitrogen and oxygen atoms in total. The van der Waals surface area contributed by atoms with Crippen LogP contribution in [0.5, 0.6) is 0 Å². The molecule has 3 rings (SSSR count). The smallest absolute Gasteiger partial charge is 0.326 e. The fraction of sp³-hybridized carbons (Fsp3) is 0.348. The third-order valence-corrected chi connectivity index (χ3v) is 5.82. The number of nitrogen functional groups attached to an aromatic ring is 2. The predicted octanol–water partition coefficient (Wildman–Crippen LogP) is 1.27. The lowest BCUT2D eigenvalue weighted by atomic mass is 9.88. The van der Waals surface area contributed by atoms with E-state index in [1.165, 1.54) is 12.1 Å². The molecule has 0 spiro atoms. The number of amides is 1. The van der Waals surface area contributed by atoms with Crippen LogP contribution in [0.25, 0.3) is 11.0 Å². The quantitative estimate of drug-likeness (QED) is 0.207. The zero-order valence-electron chi connectivity index (χ0n) is 19.1. The van der Waals surface area contributed by atoms with Gasteiger partial charge in [-0.15, -0.1) is 0 Å². The fourth-order valence-corrected chi connectivity index (χ4v) is 3.99. The highest BCUT2D eigenvalue weighted by Gasteiger charge is 2.23. The van der Waals surface area contributed by atoms with E-state index >= 15 is 0 Å². The molecule has 0 aliphatic carbocycles. The summed E-state index contributed by atoms with van der Waals surface area (Å²) in [5, 5.41) is 31.4. The number of nitrogens with one attached hydrogen (secondary N) is 2. The lowest BCUT2D eigenvalue weighted by Gasteiger charge is -2.21. The van der Waals surface area contributed by atoms with Crippen molar-refractivity contribution in [2.45, 2.75) is 50.7 Å². The van der Waals surface area contributed by atoms with Crippen molar-refractivity contribution in [2.75, 3.05) is 11.5 Å². The Labute approximate surface area is 200 Å². The molecule has 2 aromatic heterocycles. The lowest BCUT2D eigenvalue weighted by Crippen LogP contribution is -2.41. The first-order valence-corrected chi connectivity index (χ1v) is 11.0. The van der Waals surface area contributed by atoms with Crippen LogP contribution in [0.4, 0.5) is 11.8 Å². The Morgan fingerprint density at radius 2 is 1.77 bits per heavy atom. The number of anilines is 2. The number of aromatic nitrogens is 3. The number of carbonyl (C=O) groups is 3. The summed E-state index contributed by atoms with van der Waals surface area (Å²) >= 11 is 0. The van der Waals surface area contributed by atoms with E-state index in [1.54, 1.807) is 25.3 Å². The number of aliphatic hydroxyl groups is 1. The van der Waals surface area contributed by atoms with E-state index in [-0.39, 0.29) is 36.1 Å². The van der Waals surface area contributed by atoms with Gasteiger partial charge in [-0.2, -0.15) is 9.97 Å². The Hall–Kier alpha value is -4.19. The molecule has 1 aromatic carbocycles. The van der Waals surface area contributed by atoms with E-state index in [1.807, 2.05) is 0 Å². The van der Waals surface area contributed by atoms with E-state index in [9.17, 15) is 24.6 Å². The summed E-state index contributed by atoms with van der Waals surface area (Å²) in [5.41, 5.74) is 14.1. The predicted molar refractivity (Wildman–Crippen MR) is 128 cm³/mol. The average molecular weight is 485 g/mol. The molecule has 0 saturated heterocycles. The van der Waals surface area contributed by atoms with Crippen molar-refractivity contribution < 1.29 is 29.7 Å². The van der Waals surface area contributed by atoms with Crippen LogP contribution in [0, 0.1) is 0 Å². The summed E-state index contributed by atoms with van der Waals surface area (Å²) in [6, 6.07) is 5.17. The summed E-state index contributed by atoms with van der Waals surface area (Å²) in [6.45, 7) is 1.68. The number of carboxylic acid groups (broad SMARTS) is 2. The topological polar surface area (TPSA) is 218 Å². The summed E-state index contributed by atoms with van der Waals surface area (Å²) in [6.07, 6.45) is 1.62. The minimum Gasteiger partial charge on any atom is -0.481 e. The number of nitrogens with two attached hydrogens (primary N) is 2. The summed E-state index contributed by atoms with van der Waals surface area (Å²) in [5.74, 6) is -2.99. The molecule has 35 heavy (non-hydrogen) atoms. The van der Waals surface area contributed by atoms with Gasteiger partial charge in [-0.25, -0.2) is 4.79 Å². The highest BCUT2D eigenvalue weighted by Crippen LogP contribution is 2.29. The van der Waals surface area contributed by atoms with Crippen LogP contribution in [0.15, 0.2) is 30.5 Å². The third-order valence-electron chi connectivity index (χ3n) is 5.82. The number of carboxylic acids is 2. The molecular weight excluding hydrogens is 456 g/mol. The number of fused-ring (bicyclic) bond motifs is 1. The standard InChI is InChI=1S/C23H28N6O6/c1-11(30)15(7-6-14-10-26-20-18(14)19(24)28-23(25)29-20)12-2-4-13(5-3-12)21(33)27-16(22(34)35)8-9-17(31)32/h2-5,10-11,15-16,30H,6-9H2,1H3,(H,27,33)(H,31,32)(H,34,35)(H5,24,25,26,28,29)/t11?,15?,16-/m0/s1. The first-order chi connectivity index (χ1) is 16.6. The van der Waals surface area contributed by atoms with Crippen molar-refractivity contribution in [1.29, 1.82) is 0 Å². The van der Waals surface area contributed by atoms with Crippen LogP contribution in [-0.4, -0.2) is 60.3 Å². The molecule has 0 radical (unpaired) electrons. The van der Waals surface area contributed by atoms with Gasteiger partial charge in [0.2, 0.25) is 5.95 Å². The second kappa shape index (κ2) is 10.8. The van der Waals surface area contributed by atoms with Gasteiger partial charge < -0.3 is 37.1 Å². The number of carbonyl (C=O) groups excluding carboxylic acids is 1. The van der Waals surface area contributed by atoms with Gasteiger partial charge in [-0.05, 0) is 49.4 Å². The number of aryl methyl sites for hydroxylation is 1. The van der Waals surface area contributed by atoms with Gasteiger partial charge in [0.25, 0.3) is 5.91 Å². The van der Waals surface area contributed by atoms with Gasteiger partial charge in [0, 0.05) is 24.1 Å². The monoisotopic (exact) mass is 484 g/mol. The van der Waals surface area contributed by atoms with Crippen LogP contribution in [-0.2, 0) is 16.0 Å². The summed E-state index contributed by atoms with van der Waals surface area (Å²) < 4.78 is 0. The molecular formula is C23H28N6O6. The number of hydrogen-bond acceptors (Lipinski definition) is 8. The molecule has 3 aromatic rings. The Morgan fingerprint density at radius 3 is 2.37 bits per heavy atom. The molecule has 186 valence electrons. The second-order valence-corrected chi connectivity index (χ2v) is 8.31. The highest BCUT2D eigenvalue weighted by atomic mass is 16.4.